The highest BCUT2D eigenvalue weighted by molar-refractivity contribution is 7.98. The lowest BCUT2D eigenvalue weighted by atomic mass is 10.0. The normalized spacial score (nSPS) is 14.0. The van der Waals surface area contributed by atoms with Crippen LogP contribution in [0.2, 0.25) is 10.0 Å². The summed E-state index contributed by atoms with van der Waals surface area (Å²) in [6.07, 6.45) is 1.40. The number of piperidine rings is 1. The minimum atomic E-state index is -0.108. The van der Waals surface area contributed by atoms with Gasteiger partial charge in [-0.1, -0.05) is 65.3 Å². The molecule has 0 aliphatic carbocycles. The van der Waals surface area contributed by atoms with E-state index in [9.17, 15) is 9.59 Å². The van der Waals surface area contributed by atoms with Crippen LogP contribution >= 0.6 is 46.3 Å². The smallest absolute Gasteiger partial charge is 0.326 e. The Morgan fingerprint density at radius 1 is 1.04 bits per heavy atom. The lowest BCUT2D eigenvalue weighted by molar-refractivity contribution is 0.0689. The Kier molecular flexibility index (Phi) is 8.26. The maximum Gasteiger partial charge on any atom is 0.326 e. The molecule has 0 atom stereocenters. The maximum atomic E-state index is 13.4. The van der Waals surface area contributed by atoms with Gasteiger partial charge in [0.05, 0.1) is 27.5 Å². The van der Waals surface area contributed by atoms with Crippen LogP contribution in [0.15, 0.2) is 82.1 Å². The number of para-hydroxylation sites is 2. The zero-order chi connectivity index (χ0) is 31.1. The topological polar surface area (TPSA) is 102 Å². The van der Waals surface area contributed by atoms with E-state index in [1.165, 1.54) is 23.1 Å². The fourth-order valence-electron chi connectivity index (χ4n) is 5.75. The highest BCUT2D eigenvalue weighted by atomic mass is 35.5. The van der Waals surface area contributed by atoms with E-state index < -0.39 is 0 Å². The number of imidazole rings is 1. The van der Waals surface area contributed by atoms with Gasteiger partial charge in [-0.15, -0.1) is 21.5 Å². The number of H-pyrrole nitrogens is 1. The van der Waals surface area contributed by atoms with Crippen molar-refractivity contribution in [2.45, 2.75) is 36.7 Å². The summed E-state index contributed by atoms with van der Waals surface area (Å²) < 4.78 is 3.80. The van der Waals surface area contributed by atoms with Gasteiger partial charge in [-0.3, -0.25) is 13.9 Å². The first-order chi connectivity index (χ1) is 21.9. The largest absolute Gasteiger partial charge is 0.337 e. The number of nitrogens with one attached hydrogen (secondary N) is 1. The van der Waals surface area contributed by atoms with Gasteiger partial charge >= 0.3 is 5.69 Å². The van der Waals surface area contributed by atoms with Gasteiger partial charge in [-0.05, 0) is 61.7 Å². The number of hydrogen-bond donors (Lipinski definition) is 1. The van der Waals surface area contributed by atoms with Crippen LogP contribution in [-0.4, -0.2) is 53.2 Å². The number of aromatic nitrogens is 6. The molecule has 45 heavy (non-hydrogen) atoms. The molecule has 228 valence electrons. The number of benzene rings is 3. The number of fused-ring (bicyclic) bond motifs is 1. The van der Waals surface area contributed by atoms with Gasteiger partial charge in [0.25, 0.3) is 5.91 Å². The monoisotopic (exact) mass is 675 g/mol. The predicted octanol–water partition coefficient (Wildman–Crippen LogP) is 7.42. The summed E-state index contributed by atoms with van der Waals surface area (Å²) in [7, 11) is 0. The van der Waals surface area contributed by atoms with E-state index in [1.807, 2.05) is 93.1 Å². The van der Waals surface area contributed by atoms with Crippen LogP contribution in [0.25, 0.3) is 28.1 Å². The Morgan fingerprint density at radius 2 is 1.82 bits per heavy atom. The number of carbonyl (C=O) groups excluding carboxylic acids is 1. The van der Waals surface area contributed by atoms with Gasteiger partial charge in [0.15, 0.2) is 11.0 Å². The minimum Gasteiger partial charge on any atom is -0.337 e. The van der Waals surface area contributed by atoms with Crippen molar-refractivity contribution in [3.63, 3.8) is 0 Å². The number of amides is 1. The summed E-state index contributed by atoms with van der Waals surface area (Å²) in [5.74, 6) is 1.02. The van der Waals surface area contributed by atoms with Crippen molar-refractivity contribution >= 4 is 63.2 Å². The lowest BCUT2D eigenvalue weighted by Gasteiger charge is -2.32. The summed E-state index contributed by atoms with van der Waals surface area (Å²) in [6.45, 7) is 3.13. The third-order valence-corrected chi connectivity index (χ3v) is 10.5. The second kappa shape index (κ2) is 12.5. The van der Waals surface area contributed by atoms with Crippen LogP contribution in [0.3, 0.4) is 0 Å². The Morgan fingerprint density at radius 3 is 2.64 bits per heavy atom. The Bertz CT molecular complexity index is 2090. The van der Waals surface area contributed by atoms with Crippen molar-refractivity contribution < 1.29 is 4.79 Å². The molecule has 1 saturated heterocycles. The van der Waals surface area contributed by atoms with Crippen molar-refractivity contribution in [3.8, 4) is 17.1 Å². The highest BCUT2D eigenvalue weighted by Gasteiger charge is 2.28. The van der Waals surface area contributed by atoms with Crippen molar-refractivity contribution in [2.24, 2.45) is 0 Å². The molecule has 7 rings (SSSR count). The molecule has 0 saturated carbocycles. The SMILES string of the molecule is Cc1ccc(Cl)cc1-n1c(SCc2nc(C(=O)N3CCC(n4c(=O)[nH]c5ccccc54)CC3)cs2)nnc1-c1ccccc1Cl. The van der Waals surface area contributed by atoms with Crippen molar-refractivity contribution in [2.75, 3.05) is 13.1 Å². The molecule has 0 spiro atoms. The van der Waals surface area contributed by atoms with E-state index >= 15 is 0 Å². The number of thiazole rings is 1. The molecule has 1 amide bonds. The Labute approximate surface area is 276 Å². The Hall–Kier alpha value is -3.90. The number of carbonyl (C=O) groups is 1. The van der Waals surface area contributed by atoms with Crippen LogP contribution in [0.5, 0.6) is 0 Å². The van der Waals surface area contributed by atoms with Crippen molar-refractivity contribution in [3.05, 3.63) is 109 Å². The quantitative estimate of drug-likeness (QED) is 0.177. The first-order valence-electron chi connectivity index (χ1n) is 14.4. The number of aryl methyl sites for hydroxylation is 1. The number of thioether (sulfide) groups is 1. The number of aromatic amines is 1. The van der Waals surface area contributed by atoms with Crippen LogP contribution in [0.1, 0.15) is 39.9 Å². The van der Waals surface area contributed by atoms with Gasteiger partial charge in [-0.2, -0.15) is 0 Å². The number of halogens is 2. The van der Waals surface area contributed by atoms with Gasteiger partial charge in [-0.25, -0.2) is 9.78 Å². The summed E-state index contributed by atoms with van der Waals surface area (Å²) in [4.78, 5) is 35.5. The van der Waals surface area contributed by atoms with Gasteiger partial charge in [0.1, 0.15) is 10.7 Å². The number of rotatable bonds is 7. The molecule has 6 aromatic rings. The molecule has 1 aliphatic heterocycles. The van der Waals surface area contributed by atoms with Gasteiger partial charge < -0.3 is 9.88 Å². The maximum absolute atomic E-state index is 13.4. The third kappa shape index (κ3) is 5.81. The molecule has 0 unspecified atom stereocenters. The molecule has 3 aromatic heterocycles. The predicted molar refractivity (Wildman–Crippen MR) is 180 cm³/mol. The van der Waals surface area contributed by atoms with Crippen LogP contribution in [-0.2, 0) is 5.75 Å². The molecule has 4 heterocycles. The third-order valence-electron chi connectivity index (χ3n) is 8.00. The molecular weight excluding hydrogens is 649 g/mol. The van der Waals surface area contributed by atoms with E-state index in [-0.39, 0.29) is 17.6 Å². The summed E-state index contributed by atoms with van der Waals surface area (Å²) in [5, 5.41) is 13.5. The fourth-order valence-corrected chi connectivity index (χ4v) is 7.87. The molecular formula is C32H27Cl2N7O2S2. The van der Waals surface area contributed by atoms with E-state index in [2.05, 4.69) is 20.2 Å². The average Bonchev–Trinajstić information content (AvgIpc) is 3.78. The lowest BCUT2D eigenvalue weighted by Crippen LogP contribution is -2.40. The summed E-state index contributed by atoms with van der Waals surface area (Å²) in [6, 6.07) is 21.0. The zero-order valence-corrected chi connectivity index (χ0v) is 27.3. The first kappa shape index (κ1) is 29.8. The number of likely N-dealkylation sites (tertiary alicyclic amines) is 1. The van der Waals surface area contributed by atoms with Crippen molar-refractivity contribution in [1.29, 1.82) is 0 Å². The molecule has 1 N–H and O–H groups in total. The average molecular weight is 677 g/mol. The molecule has 0 bridgehead atoms. The Balaban J connectivity index is 1.07. The van der Waals surface area contributed by atoms with E-state index in [1.54, 1.807) is 0 Å². The summed E-state index contributed by atoms with van der Waals surface area (Å²) >= 11 is 15.9. The van der Waals surface area contributed by atoms with E-state index in [0.29, 0.717) is 58.4 Å². The van der Waals surface area contributed by atoms with Crippen LogP contribution < -0.4 is 5.69 Å². The molecule has 1 aliphatic rings. The van der Waals surface area contributed by atoms with Crippen LogP contribution in [0.4, 0.5) is 0 Å². The molecule has 1 fully saturated rings. The molecule has 0 radical (unpaired) electrons. The number of nitrogens with zero attached hydrogens (tertiary/aromatic N) is 6. The van der Waals surface area contributed by atoms with E-state index in [0.717, 1.165) is 32.9 Å². The van der Waals surface area contributed by atoms with Crippen LogP contribution in [0, 0.1) is 6.92 Å². The van der Waals surface area contributed by atoms with Crippen molar-refractivity contribution in [1.82, 2.24) is 34.2 Å². The minimum absolute atomic E-state index is 0.0382. The second-order valence-electron chi connectivity index (χ2n) is 10.8. The molecule has 9 nitrogen and oxygen atoms in total. The van der Waals surface area contributed by atoms with E-state index in [4.69, 9.17) is 23.2 Å². The van der Waals surface area contributed by atoms with Gasteiger partial charge in [0.2, 0.25) is 0 Å². The second-order valence-corrected chi connectivity index (χ2v) is 13.5. The standard InChI is InChI=1S/C32H27Cl2N7O2S2/c1-19-10-11-20(33)16-27(19)41-29(22-6-2-3-7-23(22)34)37-38-32(41)45-18-28-35-25(17-44-28)30(42)39-14-12-21(13-15-39)40-26-9-5-4-8-24(26)36-31(40)43/h2-11,16-17,21H,12-15,18H2,1H3,(H,36,43). The molecule has 13 heteroatoms. The number of hydrogen-bond acceptors (Lipinski definition) is 7. The molecule has 3 aromatic carbocycles. The highest BCUT2D eigenvalue weighted by Crippen LogP contribution is 2.35. The zero-order valence-electron chi connectivity index (χ0n) is 24.1. The first-order valence-corrected chi connectivity index (χ1v) is 17.0. The summed E-state index contributed by atoms with van der Waals surface area (Å²) in [5.41, 5.74) is 4.68. The van der Waals surface area contributed by atoms with Gasteiger partial charge in [0, 0.05) is 35.1 Å². The fraction of sp³-hybridized carbons (Fsp3) is 0.219.